The monoisotopic (exact) mass is 398 g/mol. The van der Waals surface area contributed by atoms with Crippen LogP contribution >= 0.6 is 11.6 Å². The molecule has 2 amide bonds. The maximum absolute atomic E-state index is 12.8. The number of carbonyl (C=O) groups is 1. The molecule has 1 atom stereocenters. The number of carbonyl (C=O) groups excluding carboxylic acids is 1. The highest BCUT2D eigenvalue weighted by Crippen LogP contribution is 2.34. The van der Waals surface area contributed by atoms with Crippen molar-refractivity contribution < 1.29 is 14.1 Å². The molecular formula is C20H19ClN4O3. The lowest BCUT2D eigenvalue weighted by Gasteiger charge is -2.22. The van der Waals surface area contributed by atoms with Crippen LogP contribution in [-0.4, -0.2) is 34.7 Å². The molecule has 7 nitrogen and oxygen atoms in total. The summed E-state index contributed by atoms with van der Waals surface area (Å²) in [5, 5.41) is 7.43. The van der Waals surface area contributed by atoms with E-state index >= 15 is 0 Å². The highest BCUT2D eigenvalue weighted by Gasteiger charge is 2.34. The molecule has 0 unspecified atom stereocenters. The average molecular weight is 399 g/mol. The van der Waals surface area contributed by atoms with E-state index in [0.717, 1.165) is 18.4 Å². The number of methoxy groups -OCH3 is 1. The Balaban J connectivity index is 1.55. The van der Waals surface area contributed by atoms with E-state index in [9.17, 15) is 4.79 Å². The SMILES string of the molecule is COc1ccccc1-c1noc([C@H]2CCCN2C(=O)Nc2ccccc2Cl)n1. The zero-order valence-corrected chi connectivity index (χ0v) is 16.0. The number of para-hydroxylation sites is 2. The number of likely N-dealkylation sites (tertiary alicyclic amines) is 1. The number of amides is 2. The third-order valence-corrected chi connectivity index (χ3v) is 5.03. The molecule has 0 spiro atoms. The molecule has 0 saturated carbocycles. The summed E-state index contributed by atoms with van der Waals surface area (Å²) in [6, 6.07) is 14.1. The summed E-state index contributed by atoms with van der Waals surface area (Å²) in [6.45, 7) is 0.604. The number of ether oxygens (including phenoxy) is 1. The van der Waals surface area contributed by atoms with Gasteiger partial charge in [-0.1, -0.05) is 41.0 Å². The summed E-state index contributed by atoms with van der Waals surface area (Å²) in [6.07, 6.45) is 1.61. The molecule has 2 heterocycles. The second-order valence-electron chi connectivity index (χ2n) is 6.42. The molecule has 8 heteroatoms. The maximum Gasteiger partial charge on any atom is 0.322 e. The van der Waals surface area contributed by atoms with Crippen LogP contribution in [0.25, 0.3) is 11.4 Å². The minimum atomic E-state index is -0.279. The molecule has 1 N–H and O–H groups in total. The predicted molar refractivity (Wildman–Crippen MR) is 105 cm³/mol. The van der Waals surface area contributed by atoms with Crippen molar-refractivity contribution in [1.29, 1.82) is 0 Å². The van der Waals surface area contributed by atoms with Gasteiger partial charge in [-0.05, 0) is 37.1 Å². The average Bonchev–Trinajstić information content (AvgIpc) is 3.39. The first-order valence-corrected chi connectivity index (χ1v) is 9.34. The summed E-state index contributed by atoms with van der Waals surface area (Å²) < 4.78 is 10.9. The van der Waals surface area contributed by atoms with Gasteiger partial charge in [-0.3, -0.25) is 0 Å². The summed E-state index contributed by atoms with van der Waals surface area (Å²) in [7, 11) is 1.59. The predicted octanol–water partition coefficient (Wildman–Crippen LogP) is 4.77. The number of hydrogen-bond donors (Lipinski definition) is 1. The molecular weight excluding hydrogens is 380 g/mol. The van der Waals surface area contributed by atoms with Crippen molar-refractivity contribution in [2.24, 2.45) is 0 Å². The molecule has 3 aromatic rings. The number of nitrogens with one attached hydrogen (secondary N) is 1. The van der Waals surface area contributed by atoms with Crippen molar-refractivity contribution in [3.05, 3.63) is 59.4 Å². The minimum absolute atomic E-state index is 0.243. The van der Waals surface area contributed by atoms with Gasteiger partial charge in [0, 0.05) is 6.54 Å². The van der Waals surface area contributed by atoms with Gasteiger partial charge < -0.3 is 19.5 Å². The molecule has 1 saturated heterocycles. The number of benzene rings is 2. The van der Waals surface area contributed by atoms with Crippen LogP contribution in [0.3, 0.4) is 0 Å². The highest BCUT2D eigenvalue weighted by molar-refractivity contribution is 6.33. The summed E-state index contributed by atoms with van der Waals surface area (Å²) in [5.41, 5.74) is 1.31. The smallest absolute Gasteiger partial charge is 0.322 e. The molecule has 0 bridgehead atoms. The first-order chi connectivity index (χ1) is 13.7. The van der Waals surface area contributed by atoms with E-state index in [1.54, 1.807) is 24.1 Å². The Labute approximate surface area is 167 Å². The number of anilines is 1. The number of rotatable bonds is 4. The van der Waals surface area contributed by atoms with Gasteiger partial charge in [-0.15, -0.1) is 0 Å². The number of hydrogen-bond acceptors (Lipinski definition) is 5. The first kappa shape index (κ1) is 18.3. The molecule has 2 aromatic carbocycles. The lowest BCUT2D eigenvalue weighted by Crippen LogP contribution is -2.34. The Hall–Kier alpha value is -3.06. The van der Waals surface area contributed by atoms with Gasteiger partial charge in [0.15, 0.2) is 0 Å². The van der Waals surface area contributed by atoms with Crippen LogP contribution in [0.4, 0.5) is 10.5 Å². The fraction of sp³-hybridized carbons (Fsp3) is 0.250. The largest absolute Gasteiger partial charge is 0.496 e. The van der Waals surface area contributed by atoms with Gasteiger partial charge in [0.2, 0.25) is 11.7 Å². The van der Waals surface area contributed by atoms with Crippen LogP contribution in [0.15, 0.2) is 53.1 Å². The Morgan fingerprint density at radius 1 is 1.25 bits per heavy atom. The second kappa shape index (κ2) is 7.90. The zero-order valence-electron chi connectivity index (χ0n) is 15.3. The quantitative estimate of drug-likeness (QED) is 0.684. The minimum Gasteiger partial charge on any atom is -0.496 e. The highest BCUT2D eigenvalue weighted by atomic mass is 35.5. The maximum atomic E-state index is 12.8. The van der Waals surface area contributed by atoms with Gasteiger partial charge in [-0.2, -0.15) is 4.98 Å². The van der Waals surface area contributed by atoms with E-state index < -0.39 is 0 Å². The van der Waals surface area contributed by atoms with Crippen molar-refractivity contribution in [3.8, 4) is 17.1 Å². The Morgan fingerprint density at radius 2 is 2.04 bits per heavy atom. The van der Waals surface area contributed by atoms with Gasteiger partial charge >= 0.3 is 6.03 Å². The second-order valence-corrected chi connectivity index (χ2v) is 6.83. The molecule has 4 rings (SSSR count). The molecule has 144 valence electrons. The molecule has 0 aliphatic carbocycles. The van der Waals surface area contributed by atoms with E-state index in [1.165, 1.54) is 0 Å². The van der Waals surface area contributed by atoms with Gasteiger partial charge in [-0.25, -0.2) is 4.79 Å². The fourth-order valence-corrected chi connectivity index (χ4v) is 3.51. The molecule has 1 fully saturated rings. The van der Waals surface area contributed by atoms with Crippen LogP contribution in [0.2, 0.25) is 5.02 Å². The summed E-state index contributed by atoms with van der Waals surface area (Å²) in [4.78, 5) is 19.0. The van der Waals surface area contributed by atoms with Crippen molar-refractivity contribution in [3.63, 3.8) is 0 Å². The molecule has 0 radical (unpaired) electrons. The van der Waals surface area contributed by atoms with Crippen LogP contribution in [0.5, 0.6) is 5.75 Å². The number of urea groups is 1. The van der Waals surface area contributed by atoms with Crippen molar-refractivity contribution in [2.75, 3.05) is 19.0 Å². The molecule has 1 aromatic heterocycles. The lowest BCUT2D eigenvalue weighted by molar-refractivity contribution is 0.193. The summed E-state index contributed by atoms with van der Waals surface area (Å²) in [5.74, 6) is 1.51. The van der Waals surface area contributed by atoms with Crippen molar-refractivity contribution in [1.82, 2.24) is 15.0 Å². The Bertz CT molecular complexity index is 991. The molecule has 1 aliphatic rings. The summed E-state index contributed by atoms with van der Waals surface area (Å²) >= 11 is 6.14. The fourth-order valence-electron chi connectivity index (χ4n) is 3.33. The normalized spacial score (nSPS) is 16.2. The Kier molecular flexibility index (Phi) is 5.16. The topological polar surface area (TPSA) is 80.5 Å². The van der Waals surface area contributed by atoms with E-state index in [1.807, 2.05) is 36.4 Å². The van der Waals surface area contributed by atoms with E-state index in [2.05, 4.69) is 15.5 Å². The number of nitrogens with zero attached hydrogens (tertiary/aromatic N) is 3. The lowest BCUT2D eigenvalue weighted by atomic mass is 10.2. The van der Waals surface area contributed by atoms with Gasteiger partial charge in [0.1, 0.15) is 11.8 Å². The zero-order chi connectivity index (χ0) is 19.5. The standard InChI is InChI=1S/C20H19ClN4O3/c1-27-17-11-5-2-7-13(17)18-23-19(28-24-18)16-10-6-12-25(16)20(26)22-15-9-4-3-8-14(15)21/h2-5,7-9,11,16H,6,10,12H2,1H3,(H,22,26)/t16-/m1/s1. The van der Waals surface area contributed by atoms with E-state index in [4.69, 9.17) is 20.9 Å². The van der Waals surface area contributed by atoms with Crippen LogP contribution in [0.1, 0.15) is 24.8 Å². The third-order valence-electron chi connectivity index (χ3n) is 4.70. The first-order valence-electron chi connectivity index (χ1n) is 8.96. The Morgan fingerprint density at radius 3 is 2.86 bits per heavy atom. The van der Waals surface area contributed by atoms with E-state index in [-0.39, 0.29) is 12.1 Å². The van der Waals surface area contributed by atoms with Crippen molar-refractivity contribution in [2.45, 2.75) is 18.9 Å². The van der Waals surface area contributed by atoms with Gasteiger partial charge in [0.25, 0.3) is 0 Å². The third kappa shape index (κ3) is 3.53. The molecule has 28 heavy (non-hydrogen) atoms. The van der Waals surface area contributed by atoms with E-state index in [0.29, 0.717) is 34.7 Å². The van der Waals surface area contributed by atoms with Crippen LogP contribution < -0.4 is 10.1 Å². The number of aromatic nitrogens is 2. The van der Waals surface area contributed by atoms with Crippen LogP contribution in [-0.2, 0) is 0 Å². The van der Waals surface area contributed by atoms with Gasteiger partial charge in [0.05, 0.1) is 23.4 Å². The number of halogens is 1. The van der Waals surface area contributed by atoms with Crippen molar-refractivity contribution >= 4 is 23.3 Å². The molecule has 1 aliphatic heterocycles. The van der Waals surface area contributed by atoms with Crippen LogP contribution in [0, 0.1) is 0 Å².